The number of sulfonamides is 1. The van der Waals surface area contributed by atoms with E-state index in [2.05, 4.69) is 26.7 Å². The van der Waals surface area contributed by atoms with Crippen LogP contribution in [0.3, 0.4) is 0 Å². The molecule has 9 heteroatoms. The molecule has 2 aromatic carbocycles. The van der Waals surface area contributed by atoms with Gasteiger partial charge in [0, 0.05) is 46.6 Å². The molecule has 2 spiro atoms. The lowest BCUT2D eigenvalue weighted by Crippen LogP contribution is -2.50. The lowest BCUT2D eigenvalue weighted by molar-refractivity contribution is -0.0876. The smallest absolute Gasteiger partial charge is 0.258 e. The molecule has 0 unspecified atom stereocenters. The summed E-state index contributed by atoms with van der Waals surface area (Å²) in [6, 6.07) is 11.1. The third-order valence-corrected chi connectivity index (χ3v) is 10.6. The highest BCUT2D eigenvalue weighted by atomic mass is 79.9. The van der Waals surface area contributed by atoms with Crippen molar-refractivity contribution in [3.8, 4) is 0 Å². The fourth-order valence-electron chi connectivity index (χ4n) is 6.17. The van der Waals surface area contributed by atoms with Gasteiger partial charge in [-0.15, -0.1) is 0 Å². The van der Waals surface area contributed by atoms with Crippen LogP contribution in [0.2, 0.25) is 0 Å². The molecule has 0 atom stereocenters. The molecule has 1 N–H and O–H groups in total. The molecule has 0 aromatic heterocycles. The molecule has 0 saturated heterocycles. The summed E-state index contributed by atoms with van der Waals surface area (Å²) in [6.07, 6.45) is 6.06. The zero-order valence-electron chi connectivity index (χ0n) is 19.2. The predicted octanol–water partition coefficient (Wildman–Crippen LogP) is 5.78. The van der Waals surface area contributed by atoms with Crippen molar-refractivity contribution in [2.24, 2.45) is 5.41 Å². The van der Waals surface area contributed by atoms with Crippen molar-refractivity contribution < 1.29 is 22.0 Å². The summed E-state index contributed by atoms with van der Waals surface area (Å²) in [5.74, 6) is -3.07. The Balaban J connectivity index is 1.27. The van der Waals surface area contributed by atoms with Crippen molar-refractivity contribution in [3.05, 3.63) is 58.1 Å². The molecule has 3 fully saturated rings. The van der Waals surface area contributed by atoms with Gasteiger partial charge < -0.3 is 4.90 Å². The van der Waals surface area contributed by atoms with Crippen LogP contribution in [0.15, 0.2) is 51.8 Å². The molecule has 1 heterocycles. The van der Waals surface area contributed by atoms with E-state index in [1.807, 2.05) is 12.1 Å². The minimum atomic E-state index is -4.01. The Bertz CT molecular complexity index is 1310. The average molecular weight is 565 g/mol. The van der Waals surface area contributed by atoms with Crippen molar-refractivity contribution >= 4 is 37.5 Å². The number of fused-ring (bicyclic) bond motifs is 2. The van der Waals surface area contributed by atoms with Crippen LogP contribution in [0, 0.1) is 5.41 Å². The third kappa shape index (κ3) is 4.13. The fourth-order valence-corrected chi connectivity index (χ4v) is 7.81. The first-order valence-corrected chi connectivity index (χ1v) is 14.4. The van der Waals surface area contributed by atoms with Gasteiger partial charge in [-0.25, -0.2) is 21.9 Å². The van der Waals surface area contributed by atoms with E-state index in [9.17, 15) is 22.0 Å². The van der Waals surface area contributed by atoms with Crippen molar-refractivity contribution in [2.75, 3.05) is 11.4 Å². The number of nitrogens with zero attached hydrogens (tertiary/aromatic N) is 1. The number of rotatable bonds is 4. The van der Waals surface area contributed by atoms with E-state index in [1.165, 1.54) is 49.4 Å². The standard InChI is InChI=1S/C26H27BrF2N2O3S/c27-18-4-5-22-21(13-18)25(10-8-24(6-7-24)9-11-25)16-31(22)23(32)17-2-1-3-20(12-17)35(33,34)30-19-14-26(28,29)15-19/h1-5,12-13,19,30H,6-11,14-16H2. The number of benzene rings is 2. The number of carbonyl (C=O) groups is 1. The first-order chi connectivity index (χ1) is 16.5. The average Bonchev–Trinajstić information content (AvgIpc) is 3.50. The predicted molar refractivity (Wildman–Crippen MR) is 132 cm³/mol. The Kier molecular flexibility index (Phi) is 5.27. The summed E-state index contributed by atoms with van der Waals surface area (Å²) in [5.41, 5.74) is 2.78. The number of halogens is 3. The molecular weight excluding hydrogens is 538 g/mol. The van der Waals surface area contributed by atoms with Gasteiger partial charge in [0.2, 0.25) is 10.0 Å². The molecule has 5 nitrogen and oxygen atoms in total. The molecule has 4 aliphatic rings. The minimum Gasteiger partial charge on any atom is -0.307 e. The van der Waals surface area contributed by atoms with Gasteiger partial charge in [0.05, 0.1) is 4.90 Å². The van der Waals surface area contributed by atoms with E-state index in [4.69, 9.17) is 0 Å². The van der Waals surface area contributed by atoms with Gasteiger partial charge in [-0.1, -0.05) is 22.0 Å². The summed E-state index contributed by atoms with van der Waals surface area (Å²) in [5, 5.41) is 0. The summed E-state index contributed by atoms with van der Waals surface area (Å²) >= 11 is 3.60. The van der Waals surface area contributed by atoms with E-state index in [1.54, 1.807) is 11.0 Å². The number of alkyl halides is 2. The SMILES string of the molecule is O=C(c1cccc(S(=O)(=O)NC2CC(F)(F)C2)c1)N1CC2(CCC3(CC3)CC2)c2cc(Br)ccc21. The molecule has 1 aliphatic heterocycles. The summed E-state index contributed by atoms with van der Waals surface area (Å²) < 4.78 is 55.3. The van der Waals surface area contributed by atoms with Gasteiger partial charge in [0.1, 0.15) is 0 Å². The van der Waals surface area contributed by atoms with Gasteiger partial charge in [-0.3, -0.25) is 4.79 Å². The van der Waals surface area contributed by atoms with Crippen molar-refractivity contribution in [2.45, 2.75) is 73.6 Å². The number of hydrogen-bond acceptors (Lipinski definition) is 3. The number of amides is 1. The van der Waals surface area contributed by atoms with Crippen LogP contribution >= 0.6 is 15.9 Å². The normalized spacial score (nSPS) is 23.8. The van der Waals surface area contributed by atoms with Gasteiger partial charge in [0.15, 0.2) is 0 Å². The largest absolute Gasteiger partial charge is 0.307 e. The minimum absolute atomic E-state index is 0.0801. The number of anilines is 1. The van der Waals surface area contributed by atoms with Crippen LogP contribution in [-0.2, 0) is 15.4 Å². The molecular formula is C26H27BrF2N2O3S. The summed E-state index contributed by atoms with van der Waals surface area (Å²) in [7, 11) is -4.01. The van der Waals surface area contributed by atoms with Crippen LogP contribution in [0.25, 0.3) is 0 Å². The highest BCUT2D eigenvalue weighted by Gasteiger charge is 2.53. The number of nitrogens with one attached hydrogen (secondary N) is 1. The second-order valence-corrected chi connectivity index (χ2v) is 13.6. The van der Waals surface area contributed by atoms with E-state index in [-0.39, 0.29) is 21.8 Å². The Morgan fingerprint density at radius 2 is 1.69 bits per heavy atom. The molecule has 35 heavy (non-hydrogen) atoms. The molecule has 0 bridgehead atoms. The van der Waals surface area contributed by atoms with Gasteiger partial charge in [-0.2, -0.15) is 0 Å². The Morgan fingerprint density at radius 3 is 2.34 bits per heavy atom. The fraction of sp³-hybridized carbons (Fsp3) is 0.500. The van der Waals surface area contributed by atoms with E-state index in [0.29, 0.717) is 12.0 Å². The number of hydrogen-bond donors (Lipinski definition) is 1. The van der Waals surface area contributed by atoms with Crippen molar-refractivity contribution in [1.82, 2.24) is 4.72 Å². The Morgan fingerprint density at radius 1 is 1.00 bits per heavy atom. The monoisotopic (exact) mass is 564 g/mol. The maximum absolute atomic E-state index is 13.7. The second kappa shape index (κ2) is 7.83. The van der Waals surface area contributed by atoms with Gasteiger partial charge in [0.25, 0.3) is 11.8 Å². The van der Waals surface area contributed by atoms with Gasteiger partial charge >= 0.3 is 0 Å². The van der Waals surface area contributed by atoms with Crippen molar-refractivity contribution in [3.63, 3.8) is 0 Å². The lowest BCUT2D eigenvalue weighted by Gasteiger charge is -2.38. The third-order valence-electron chi connectivity index (χ3n) is 8.55. The summed E-state index contributed by atoms with van der Waals surface area (Å²) in [6.45, 7) is 0.583. The summed E-state index contributed by atoms with van der Waals surface area (Å²) in [4.78, 5) is 15.4. The van der Waals surface area contributed by atoms with Crippen molar-refractivity contribution in [1.29, 1.82) is 0 Å². The maximum atomic E-state index is 13.7. The first-order valence-electron chi connectivity index (χ1n) is 12.1. The molecule has 1 amide bonds. The molecule has 2 aromatic rings. The van der Waals surface area contributed by atoms with Crippen LogP contribution in [-0.4, -0.2) is 32.8 Å². The lowest BCUT2D eigenvalue weighted by atomic mass is 9.66. The molecule has 3 saturated carbocycles. The highest BCUT2D eigenvalue weighted by molar-refractivity contribution is 9.10. The zero-order valence-corrected chi connectivity index (χ0v) is 21.6. The second-order valence-electron chi connectivity index (χ2n) is 10.9. The number of carbonyl (C=O) groups excluding carboxylic acids is 1. The van der Waals surface area contributed by atoms with E-state index < -0.39 is 34.8 Å². The van der Waals surface area contributed by atoms with Crippen LogP contribution in [0.4, 0.5) is 14.5 Å². The first kappa shape index (κ1) is 23.6. The van der Waals surface area contributed by atoms with Crippen LogP contribution < -0.4 is 9.62 Å². The zero-order chi connectivity index (χ0) is 24.6. The Labute approximate surface area is 212 Å². The maximum Gasteiger partial charge on any atom is 0.258 e. The molecule has 186 valence electrons. The topological polar surface area (TPSA) is 66.5 Å². The quantitative estimate of drug-likeness (QED) is 0.512. The molecule has 3 aliphatic carbocycles. The Hall–Kier alpha value is -1.84. The van der Waals surface area contributed by atoms with Gasteiger partial charge in [-0.05, 0) is 85.9 Å². The highest BCUT2D eigenvalue weighted by Crippen LogP contribution is 2.62. The van der Waals surface area contributed by atoms with Crippen LogP contribution in [0.1, 0.15) is 67.3 Å². The molecule has 0 radical (unpaired) electrons. The van der Waals surface area contributed by atoms with Crippen LogP contribution in [0.5, 0.6) is 0 Å². The van der Waals surface area contributed by atoms with E-state index >= 15 is 0 Å². The molecule has 6 rings (SSSR count). The van der Waals surface area contributed by atoms with E-state index in [0.717, 1.165) is 23.0 Å².